The molecule has 1 aromatic rings. The fraction of sp³-hybridized carbons (Fsp3) is 0.429. The van der Waals surface area contributed by atoms with Crippen molar-refractivity contribution in [2.75, 3.05) is 20.2 Å². The molecule has 0 spiro atoms. The summed E-state index contributed by atoms with van der Waals surface area (Å²) in [6.07, 6.45) is -4.53. The van der Waals surface area contributed by atoms with Crippen LogP contribution in [0.4, 0.5) is 18.0 Å². The second kappa shape index (κ2) is 8.88. The van der Waals surface area contributed by atoms with Crippen molar-refractivity contribution in [1.29, 1.82) is 0 Å². The first-order valence-corrected chi connectivity index (χ1v) is 7.63. The zero-order valence-electron chi connectivity index (χ0n) is 13.0. The van der Waals surface area contributed by atoms with Crippen molar-refractivity contribution in [3.8, 4) is 5.75 Å². The van der Waals surface area contributed by atoms with E-state index < -0.39 is 24.7 Å². The molecule has 0 aliphatic carbocycles. The molecule has 0 aliphatic rings. The lowest BCUT2D eigenvalue weighted by atomic mass is 10.1. The van der Waals surface area contributed by atoms with Gasteiger partial charge in [-0.25, -0.2) is 4.79 Å². The van der Waals surface area contributed by atoms with Gasteiger partial charge in [-0.3, -0.25) is 10.1 Å². The molecule has 0 heterocycles. The monoisotopic (exact) mass is 411 g/mol. The Kier molecular flexibility index (Phi) is 7.49. The van der Waals surface area contributed by atoms with Gasteiger partial charge in [0, 0.05) is 6.04 Å². The highest BCUT2D eigenvalue weighted by atomic mass is 79.9. The summed E-state index contributed by atoms with van der Waals surface area (Å²) in [5.41, 5.74) is 0.858. The lowest BCUT2D eigenvalue weighted by Gasteiger charge is -2.15. The molecule has 0 radical (unpaired) electrons. The summed E-state index contributed by atoms with van der Waals surface area (Å²) >= 11 is 3.34. The Morgan fingerprint density at radius 2 is 2.00 bits per heavy atom. The van der Waals surface area contributed by atoms with Gasteiger partial charge in [-0.05, 0) is 40.5 Å². The predicted octanol–water partition coefficient (Wildman–Crippen LogP) is 2.50. The van der Waals surface area contributed by atoms with Crippen LogP contribution >= 0.6 is 15.9 Å². The third-order valence-electron chi connectivity index (χ3n) is 2.95. The molecule has 3 amide bonds. The summed E-state index contributed by atoms with van der Waals surface area (Å²) in [6.45, 7) is 0.0608. The topological polar surface area (TPSA) is 79.5 Å². The van der Waals surface area contributed by atoms with Gasteiger partial charge in [-0.2, -0.15) is 13.2 Å². The van der Waals surface area contributed by atoms with Crippen LogP contribution in [0, 0.1) is 0 Å². The molecular weight excluding hydrogens is 395 g/mol. The molecule has 1 rings (SSSR count). The van der Waals surface area contributed by atoms with Crippen molar-refractivity contribution in [2.24, 2.45) is 0 Å². The van der Waals surface area contributed by atoms with Gasteiger partial charge < -0.3 is 15.4 Å². The van der Waals surface area contributed by atoms with Gasteiger partial charge in [0.1, 0.15) is 12.3 Å². The maximum Gasteiger partial charge on any atom is 0.405 e. The van der Waals surface area contributed by atoms with E-state index in [1.807, 2.05) is 11.4 Å². The van der Waals surface area contributed by atoms with Crippen LogP contribution in [0.1, 0.15) is 18.5 Å². The molecule has 0 fully saturated rings. The van der Waals surface area contributed by atoms with Gasteiger partial charge in [-0.15, -0.1) is 0 Å². The molecule has 6 nitrogen and oxygen atoms in total. The molecule has 1 unspecified atom stereocenters. The molecule has 1 aromatic carbocycles. The van der Waals surface area contributed by atoms with E-state index in [-0.39, 0.29) is 12.6 Å². The molecule has 0 saturated heterocycles. The first-order valence-electron chi connectivity index (χ1n) is 6.83. The molecule has 0 bridgehead atoms. The summed E-state index contributed by atoms with van der Waals surface area (Å²) in [4.78, 5) is 22.7. The molecule has 0 aliphatic heterocycles. The Morgan fingerprint density at radius 3 is 2.54 bits per heavy atom. The quantitative estimate of drug-likeness (QED) is 0.671. The van der Waals surface area contributed by atoms with Crippen LogP contribution in [0.25, 0.3) is 0 Å². The second-order valence-electron chi connectivity index (χ2n) is 4.84. The minimum Gasteiger partial charge on any atom is -0.496 e. The van der Waals surface area contributed by atoms with E-state index in [9.17, 15) is 22.8 Å². The number of benzene rings is 1. The molecular formula is C14H17BrF3N3O3. The van der Waals surface area contributed by atoms with E-state index in [1.54, 1.807) is 24.4 Å². The molecule has 1 atom stereocenters. The Bertz CT molecular complexity index is 596. The van der Waals surface area contributed by atoms with E-state index in [0.29, 0.717) is 5.75 Å². The first kappa shape index (κ1) is 20.2. The van der Waals surface area contributed by atoms with Crippen molar-refractivity contribution >= 4 is 27.9 Å². The van der Waals surface area contributed by atoms with Crippen molar-refractivity contribution in [3.05, 3.63) is 28.2 Å². The van der Waals surface area contributed by atoms with Crippen molar-refractivity contribution in [3.63, 3.8) is 0 Å². The number of methoxy groups -OCH3 is 1. The zero-order valence-corrected chi connectivity index (χ0v) is 14.5. The number of rotatable bonds is 6. The molecule has 24 heavy (non-hydrogen) atoms. The van der Waals surface area contributed by atoms with Crippen LogP contribution in [0.15, 0.2) is 22.7 Å². The van der Waals surface area contributed by atoms with Crippen LogP contribution in [-0.2, 0) is 4.79 Å². The molecule has 0 aromatic heterocycles. The Balaban J connectivity index is 2.43. The maximum atomic E-state index is 11.9. The number of imide groups is 1. The average Bonchev–Trinajstić information content (AvgIpc) is 2.50. The summed E-state index contributed by atoms with van der Waals surface area (Å²) in [5, 5.41) is 6.22. The van der Waals surface area contributed by atoms with Gasteiger partial charge in [0.2, 0.25) is 5.91 Å². The average molecular weight is 412 g/mol. The number of amides is 3. The number of hydrogen-bond donors (Lipinski definition) is 3. The van der Waals surface area contributed by atoms with E-state index in [4.69, 9.17) is 4.74 Å². The number of alkyl halides is 3. The molecule has 0 saturated carbocycles. The summed E-state index contributed by atoms with van der Waals surface area (Å²) in [6, 6.07) is 3.94. The minimum absolute atomic E-state index is 0.226. The zero-order chi connectivity index (χ0) is 18.3. The number of urea groups is 1. The lowest BCUT2D eigenvalue weighted by Crippen LogP contribution is -2.46. The van der Waals surface area contributed by atoms with Crippen molar-refractivity contribution in [1.82, 2.24) is 16.0 Å². The number of ether oxygens (including phenoxy) is 1. The fourth-order valence-corrected chi connectivity index (χ4v) is 2.27. The van der Waals surface area contributed by atoms with Crippen LogP contribution in [-0.4, -0.2) is 38.3 Å². The SMILES string of the molecule is COc1ccc(C(C)NCC(=O)NC(=O)NCC(F)(F)F)cc1Br. The van der Waals surface area contributed by atoms with Gasteiger partial charge >= 0.3 is 12.2 Å². The highest BCUT2D eigenvalue weighted by Crippen LogP contribution is 2.27. The Hall–Kier alpha value is -1.81. The summed E-state index contributed by atoms with van der Waals surface area (Å²) < 4.78 is 41.6. The number of hydrogen-bond acceptors (Lipinski definition) is 4. The van der Waals surface area contributed by atoms with Crippen LogP contribution in [0.3, 0.4) is 0 Å². The number of carbonyl (C=O) groups is 2. The maximum absolute atomic E-state index is 11.9. The van der Waals surface area contributed by atoms with Gasteiger partial charge in [-0.1, -0.05) is 6.07 Å². The third kappa shape index (κ3) is 7.18. The fourth-order valence-electron chi connectivity index (χ4n) is 1.71. The third-order valence-corrected chi connectivity index (χ3v) is 3.57. The normalized spacial score (nSPS) is 12.4. The largest absolute Gasteiger partial charge is 0.496 e. The smallest absolute Gasteiger partial charge is 0.405 e. The van der Waals surface area contributed by atoms with E-state index in [2.05, 4.69) is 21.2 Å². The second-order valence-corrected chi connectivity index (χ2v) is 5.70. The highest BCUT2D eigenvalue weighted by molar-refractivity contribution is 9.10. The van der Waals surface area contributed by atoms with Crippen molar-refractivity contribution < 1.29 is 27.5 Å². The number of carbonyl (C=O) groups excluding carboxylic acids is 2. The summed E-state index contributed by atoms with van der Waals surface area (Å²) in [7, 11) is 1.54. The minimum atomic E-state index is -4.53. The number of halogens is 4. The first-order chi connectivity index (χ1) is 11.1. The lowest BCUT2D eigenvalue weighted by molar-refractivity contribution is -0.124. The highest BCUT2D eigenvalue weighted by Gasteiger charge is 2.27. The molecule has 3 N–H and O–H groups in total. The van der Waals surface area contributed by atoms with Gasteiger partial charge in [0.05, 0.1) is 18.1 Å². The standard InChI is InChI=1S/C14H17BrF3N3O3/c1-8(9-3-4-11(24-2)10(15)5-9)19-6-12(22)21-13(23)20-7-14(16,17)18/h3-5,8,19H,6-7H2,1-2H3,(H2,20,21,22,23). The number of nitrogens with one attached hydrogen (secondary N) is 3. The summed E-state index contributed by atoms with van der Waals surface area (Å²) in [5.74, 6) is -0.0841. The van der Waals surface area contributed by atoms with Crippen LogP contribution < -0.4 is 20.7 Å². The Labute approximate surface area is 145 Å². The Morgan fingerprint density at radius 1 is 1.33 bits per heavy atom. The van der Waals surface area contributed by atoms with E-state index in [1.165, 1.54) is 7.11 Å². The van der Waals surface area contributed by atoms with Crippen LogP contribution in [0.5, 0.6) is 5.75 Å². The van der Waals surface area contributed by atoms with Gasteiger partial charge in [0.25, 0.3) is 0 Å². The van der Waals surface area contributed by atoms with Gasteiger partial charge in [0.15, 0.2) is 0 Å². The predicted molar refractivity (Wildman–Crippen MR) is 84.7 cm³/mol. The molecule has 134 valence electrons. The van der Waals surface area contributed by atoms with E-state index in [0.717, 1.165) is 10.0 Å². The van der Waals surface area contributed by atoms with E-state index >= 15 is 0 Å². The van der Waals surface area contributed by atoms with Crippen LogP contribution in [0.2, 0.25) is 0 Å². The molecule has 10 heteroatoms. The van der Waals surface area contributed by atoms with Crippen molar-refractivity contribution in [2.45, 2.75) is 19.1 Å².